The Morgan fingerprint density at radius 1 is 1.12 bits per heavy atom. The first-order valence-electron chi connectivity index (χ1n) is 7.80. The van der Waals surface area contributed by atoms with Crippen molar-refractivity contribution in [1.29, 1.82) is 0 Å². The molecule has 1 fully saturated rings. The number of halogens is 2. The lowest BCUT2D eigenvalue weighted by atomic mass is 10.2. The largest absolute Gasteiger partial charge is 0.469 e. The number of nitrogens with zero attached hydrogens (tertiary/aromatic N) is 3. The number of anilines is 1. The van der Waals surface area contributed by atoms with E-state index in [9.17, 15) is 0 Å². The summed E-state index contributed by atoms with van der Waals surface area (Å²) >= 11 is 5.94. The van der Waals surface area contributed by atoms with Crippen LogP contribution in [0.15, 0.2) is 52.1 Å². The Balaban J connectivity index is 0.00000208. The molecule has 24 heavy (non-hydrogen) atoms. The lowest BCUT2D eigenvalue weighted by Crippen LogP contribution is -2.51. The third-order valence-electron chi connectivity index (χ3n) is 4.01. The summed E-state index contributed by atoms with van der Waals surface area (Å²) in [6, 6.07) is 11.8. The van der Waals surface area contributed by atoms with Crippen LogP contribution >= 0.6 is 35.6 Å². The molecule has 1 saturated heterocycles. The first-order chi connectivity index (χ1) is 11.2. The van der Waals surface area contributed by atoms with Crippen molar-refractivity contribution in [3.05, 3.63) is 53.4 Å². The molecular weight excluding hydrogens is 439 g/mol. The minimum Gasteiger partial charge on any atom is -0.469 e. The molecule has 5 nitrogen and oxygen atoms in total. The Bertz CT molecular complexity index is 637. The third kappa shape index (κ3) is 5.04. The minimum absolute atomic E-state index is 0. The fourth-order valence-electron chi connectivity index (χ4n) is 2.68. The SMILES string of the molecule is I.NC(=NCCc1ccco1)N1CCN(c2ccc(Cl)cc2)CC1. The second-order valence-electron chi connectivity index (χ2n) is 5.52. The second-order valence-corrected chi connectivity index (χ2v) is 5.96. The summed E-state index contributed by atoms with van der Waals surface area (Å²) < 4.78 is 5.29. The summed E-state index contributed by atoms with van der Waals surface area (Å²) in [7, 11) is 0. The number of rotatable bonds is 4. The van der Waals surface area contributed by atoms with Crippen LogP contribution in [0.3, 0.4) is 0 Å². The molecule has 2 N–H and O–H groups in total. The molecule has 0 spiro atoms. The normalized spacial score (nSPS) is 15.3. The molecule has 7 heteroatoms. The Hall–Kier alpha value is -1.41. The predicted octanol–water partition coefficient (Wildman–Crippen LogP) is 3.23. The summed E-state index contributed by atoms with van der Waals surface area (Å²) in [4.78, 5) is 8.93. The molecule has 130 valence electrons. The zero-order valence-corrected chi connectivity index (χ0v) is 16.5. The zero-order valence-electron chi connectivity index (χ0n) is 13.4. The van der Waals surface area contributed by atoms with E-state index in [1.165, 1.54) is 5.69 Å². The number of aliphatic imine (C=N–C) groups is 1. The van der Waals surface area contributed by atoms with E-state index < -0.39 is 0 Å². The maximum atomic E-state index is 6.10. The summed E-state index contributed by atoms with van der Waals surface area (Å²) in [5, 5.41) is 0.764. The molecule has 1 aliphatic heterocycles. The second kappa shape index (κ2) is 9.17. The maximum absolute atomic E-state index is 6.10. The highest BCUT2D eigenvalue weighted by Gasteiger charge is 2.18. The number of benzene rings is 1. The van der Waals surface area contributed by atoms with E-state index in [1.807, 2.05) is 24.3 Å². The Morgan fingerprint density at radius 3 is 2.46 bits per heavy atom. The van der Waals surface area contributed by atoms with Gasteiger partial charge in [0, 0.05) is 49.9 Å². The van der Waals surface area contributed by atoms with E-state index in [2.05, 4.69) is 26.9 Å². The molecule has 0 aliphatic carbocycles. The molecule has 0 unspecified atom stereocenters. The van der Waals surface area contributed by atoms with Crippen LogP contribution < -0.4 is 10.6 Å². The van der Waals surface area contributed by atoms with Gasteiger partial charge in [-0.2, -0.15) is 0 Å². The molecule has 0 radical (unpaired) electrons. The first kappa shape index (κ1) is 18.9. The standard InChI is InChI=1S/C17H21ClN4O.HI/c18-14-3-5-15(6-4-14)21-9-11-22(12-10-21)17(19)20-8-7-16-2-1-13-23-16;/h1-6,13H,7-12H2,(H2,19,20);1H. The van der Waals surface area contributed by atoms with Crippen molar-refractivity contribution in [2.24, 2.45) is 10.7 Å². The van der Waals surface area contributed by atoms with Gasteiger partial charge in [0.15, 0.2) is 5.96 Å². The van der Waals surface area contributed by atoms with Crippen molar-refractivity contribution in [1.82, 2.24) is 4.90 Å². The highest BCUT2D eigenvalue weighted by Crippen LogP contribution is 2.19. The van der Waals surface area contributed by atoms with Gasteiger partial charge in [0.1, 0.15) is 5.76 Å². The van der Waals surface area contributed by atoms with E-state index in [0.717, 1.165) is 43.4 Å². The summed E-state index contributed by atoms with van der Waals surface area (Å²) in [6.07, 6.45) is 2.46. The Labute approximate surface area is 164 Å². The number of hydrogen-bond donors (Lipinski definition) is 1. The van der Waals surface area contributed by atoms with Crippen LogP contribution in [0.25, 0.3) is 0 Å². The predicted molar refractivity (Wildman–Crippen MR) is 110 cm³/mol. The van der Waals surface area contributed by atoms with Crippen molar-refractivity contribution in [3.63, 3.8) is 0 Å². The minimum atomic E-state index is 0. The molecule has 1 aromatic carbocycles. The van der Waals surface area contributed by atoms with Gasteiger partial charge in [-0.05, 0) is 36.4 Å². The quantitative estimate of drug-likeness (QED) is 0.432. The average Bonchev–Trinajstić information content (AvgIpc) is 3.09. The van der Waals surface area contributed by atoms with E-state index in [4.69, 9.17) is 21.8 Å². The van der Waals surface area contributed by atoms with Gasteiger partial charge in [-0.25, -0.2) is 0 Å². The maximum Gasteiger partial charge on any atom is 0.191 e. The van der Waals surface area contributed by atoms with Crippen LogP contribution in [0.2, 0.25) is 5.02 Å². The van der Waals surface area contributed by atoms with Crippen LogP contribution in [-0.2, 0) is 6.42 Å². The first-order valence-corrected chi connectivity index (χ1v) is 8.18. The van der Waals surface area contributed by atoms with Gasteiger partial charge in [0.05, 0.1) is 6.26 Å². The number of guanidine groups is 1. The van der Waals surface area contributed by atoms with Gasteiger partial charge in [-0.3, -0.25) is 4.99 Å². The van der Waals surface area contributed by atoms with E-state index in [-0.39, 0.29) is 24.0 Å². The molecule has 1 aromatic heterocycles. The number of hydrogen-bond acceptors (Lipinski definition) is 3. The highest BCUT2D eigenvalue weighted by atomic mass is 127. The molecule has 0 amide bonds. The van der Waals surface area contributed by atoms with Gasteiger partial charge in [-0.15, -0.1) is 24.0 Å². The highest BCUT2D eigenvalue weighted by molar-refractivity contribution is 14.0. The number of nitrogens with two attached hydrogens (primary N) is 1. The van der Waals surface area contributed by atoms with Crippen LogP contribution in [0, 0.1) is 0 Å². The van der Waals surface area contributed by atoms with Crippen LogP contribution in [0.4, 0.5) is 5.69 Å². The molecule has 0 saturated carbocycles. The lowest BCUT2D eigenvalue weighted by molar-refractivity contribution is 0.380. The van der Waals surface area contributed by atoms with Gasteiger partial charge < -0.3 is 20.0 Å². The summed E-state index contributed by atoms with van der Waals surface area (Å²) in [6.45, 7) is 4.25. The van der Waals surface area contributed by atoms with Crippen molar-refractivity contribution in [3.8, 4) is 0 Å². The fraction of sp³-hybridized carbons (Fsp3) is 0.353. The molecule has 2 heterocycles. The van der Waals surface area contributed by atoms with Gasteiger partial charge >= 0.3 is 0 Å². The van der Waals surface area contributed by atoms with Gasteiger partial charge in [0.2, 0.25) is 0 Å². The van der Waals surface area contributed by atoms with Gasteiger partial charge in [0.25, 0.3) is 0 Å². The van der Waals surface area contributed by atoms with E-state index in [1.54, 1.807) is 6.26 Å². The summed E-state index contributed by atoms with van der Waals surface area (Å²) in [5.41, 5.74) is 7.30. The third-order valence-corrected chi connectivity index (χ3v) is 4.26. The molecular formula is C17H22ClIN4O. The van der Waals surface area contributed by atoms with E-state index in [0.29, 0.717) is 12.5 Å². The zero-order chi connectivity index (χ0) is 16.1. The lowest BCUT2D eigenvalue weighted by Gasteiger charge is -2.36. The van der Waals surface area contributed by atoms with Gasteiger partial charge in [-0.1, -0.05) is 11.6 Å². The number of piperazine rings is 1. The van der Waals surface area contributed by atoms with Crippen LogP contribution in [-0.4, -0.2) is 43.6 Å². The molecule has 1 aliphatic rings. The van der Waals surface area contributed by atoms with Crippen molar-refractivity contribution in [2.45, 2.75) is 6.42 Å². The topological polar surface area (TPSA) is 58.0 Å². The fourth-order valence-corrected chi connectivity index (χ4v) is 2.81. The smallest absolute Gasteiger partial charge is 0.191 e. The number of furan rings is 1. The molecule has 3 rings (SSSR count). The van der Waals surface area contributed by atoms with Crippen LogP contribution in [0.5, 0.6) is 0 Å². The van der Waals surface area contributed by atoms with E-state index >= 15 is 0 Å². The van der Waals surface area contributed by atoms with Crippen molar-refractivity contribution in [2.75, 3.05) is 37.6 Å². The monoisotopic (exact) mass is 460 g/mol. The van der Waals surface area contributed by atoms with Crippen molar-refractivity contribution >= 4 is 47.2 Å². The molecule has 0 bridgehead atoms. The Morgan fingerprint density at radius 2 is 1.83 bits per heavy atom. The average molecular weight is 461 g/mol. The summed E-state index contributed by atoms with van der Waals surface area (Å²) in [5.74, 6) is 1.56. The Kier molecular flexibility index (Phi) is 7.23. The van der Waals surface area contributed by atoms with Crippen molar-refractivity contribution < 1.29 is 4.42 Å². The molecule has 2 aromatic rings. The van der Waals surface area contributed by atoms with Crippen LogP contribution in [0.1, 0.15) is 5.76 Å². The molecule has 0 atom stereocenters.